The third kappa shape index (κ3) is 3.18. The van der Waals surface area contributed by atoms with Crippen LogP contribution in [0.3, 0.4) is 0 Å². The number of nitrogens with one attached hydrogen (secondary N) is 1. The average molecular weight is 226 g/mol. The van der Waals surface area contributed by atoms with E-state index in [2.05, 4.69) is 15.5 Å². The number of aromatic nitrogens is 2. The van der Waals surface area contributed by atoms with Crippen LogP contribution in [0.2, 0.25) is 0 Å². The summed E-state index contributed by atoms with van der Waals surface area (Å²) in [6, 6.07) is 0.441. The van der Waals surface area contributed by atoms with Gasteiger partial charge in [-0.15, -0.1) is 5.10 Å². The van der Waals surface area contributed by atoms with Crippen molar-refractivity contribution < 1.29 is 9.15 Å². The molecule has 2 rings (SSSR count). The van der Waals surface area contributed by atoms with Gasteiger partial charge in [-0.2, -0.15) is 0 Å². The second-order valence-electron chi connectivity index (χ2n) is 3.91. The Bertz CT molecular complexity index is 310. The molecule has 1 saturated heterocycles. The molecule has 2 heterocycles. The summed E-state index contributed by atoms with van der Waals surface area (Å²) in [5.41, 5.74) is 5.36. The van der Waals surface area contributed by atoms with Crippen LogP contribution in [0.15, 0.2) is 4.42 Å². The zero-order chi connectivity index (χ0) is 11.2. The van der Waals surface area contributed by atoms with Crippen molar-refractivity contribution in [3.05, 3.63) is 5.89 Å². The quantitative estimate of drug-likeness (QED) is 0.775. The summed E-state index contributed by atoms with van der Waals surface area (Å²) in [7, 11) is 0. The van der Waals surface area contributed by atoms with Gasteiger partial charge in [0.25, 0.3) is 0 Å². The summed E-state index contributed by atoms with van der Waals surface area (Å²) in [5, 5.41) is 10.7. The van der Waals surface area contributed by atoms with Gasteiger partial charge in [0.15, 0.2) is 0 Å². The molecule has 1 atom stereocenters. The maximum atomic E-state index is 5.62. The maximum Gasteiger partial charge on any atom is 0.315 e. The first-order valence-corrected chi connectivity index (χ1v) is 5.76. The molecule has 0 aliphatic carbocycles. The topological polar surface area (TPSA) is 86.2 Å². The summed E-state index contributed by atoms with van der Waals surface area (Å²) < 4.78 is 10.8. The van der Waals surface area contributed by atoms with Gasteiger partial charge < -0.3 is 20.2 Å². The fourth-order valence-electron chi connectivity index (χ4n) is 1.78. The minimum Gasteiger partial charge on any atom is -0.407 e. The molecule has 1 aliphatic rings. The molecular formula is C10H18N4O2. The van der Waals surface area contributed by atoms with Crippen molar-refractivity contribution in [1.29, 1.82) is 0 Å². The van der Waals surface area contributed by atoms with Gasteiger partial charge in [-0.05, 0) is 25.7 Å². The highest BCUT2D eigenvalue weighted by Crippen LogP contribution is 2.15. The molecule has 16 heavy (non-hydrogen) atoms. The molecule has 1 aromatic rings. The second-order valence-corrected chi connectivity index (χ2v) is 3.91. The number of ether oxygens (including phenoxy) is 1. The SMILES string of the molecule is NCc1nnc(NCCC2CCCCO2)o1. The van der Waals surface area contributed by atoms with Crippen LogP contribution in [0.5, 0.6) is 0 Å². The van der Waals surface area contributed by atoms with Crippen LogP contribution in [-0.2, 0) is 11.3 Å². The van der Waals surface area contributed by atoms with Crippen LogP contribution in [0, 0.1) is 0 Å². The zero-order valence-electron chi connectivity index (χ0n) is 9.32. The lowest BCUT2D eigenvalue weighted by molar-refractivity contribution is 0.0134. The highest BCUT2D eigenvalue weighted by molar-refractivity contribution is 5.16. The number of hydrogen-bond donors (Lipinski definition) is 2. The Labute approximate surface area is 94.6 Å². The van der Waals surface area contributed by atoms with Crippen LogP contribution in [0.25, 0.3) is 0 Å². The van der Waals surface area contributed by atoms with E-state index in [9.17, 15) is 0 Å². The highest BCUT2D eigenvalue weighted by atomic mass is 16.5. The van der Waals surface area contributed by atoms with E-state index in [0.717, 1.165) is 26.0 Å². The molecule has 1 fully saturated rings. The van der Waals surface area contributed by atoms with E-state index in [1.807, 2.05) is 0 Å². The van der Waals surface area contributed by atoms with Crippen LogP contribution in [0.4, 0.5) is 6.01 Å². The van der Waals surface area contributed by atoms with Gasteiger partial charge in [0.2, 0.25) is 5.89 Å². The molecule has 1 aliphatic heterocycles. The summed E-state index contributed by atoms with van der Waals surface area (Å²) in [6.45, 7) is 1.96. The molecule has 0 bridgehead atoms. The third-order valence-corrected chi connectivity index (χ3v) is 2.66. The number of anilines is 1. The molecular weight excluding hydrogens is 208 g/mol. The third-order valence-electron chi connectivity index (χ3n) is 2.66. The molecule has 0 spiro atoms. The molecule has 1 aromatic heterocycles. The normalized spacial score (nSPS) is 20.9. The van der Waals surface area contributed by atoms with E-state index in [1.54, 1.807) is 0 Å². The summed E-state index contributed by atoms with van der Waals surface area (Å²) >= 11 is 0. The summed E-state index contributed by atoms with van der Waals surface area (Å²) in [6.07, 6.45) is 4.95. The van der Waals surface area contributed by atoms with Gasteiger partial charge in [0.05, 0.1) is 12.6 Å². The van der Waals surface area contributed by atoms with E-state index in [-0.39, 0.29) is 6.54 Å². The molecule has 3 N–H and O–H groups in total. The Morgan fingerprint density at radius 1 is 1.38 bits per heavy atom. The van der Waals surface area contributed by atoms with Crippen molar-refractivity contribution in [3.63, 3.8) is 0 Å². The summed E-state index contributed by atoms with van der Waals surface area (Å²) in [4.78, 5) is 0. The minimum atomic E-state index is 0.278. The van der Waals surface area contributed by atoms with Gasteiger partial charge in [-0.3, -0.25) is 0 Å². The number of rotatable bonds is 5. The largest absolute Gasteiger partial charge is 0.407 e. The zero-order valence-corrected chi connectivity index (χ0v) is 9.32. The minimum absolute atomic E-state index is 0.278. The Hall–Kier alpha value is -1.14. The lowest BCUT2D eigenvalue weighted by Crippen LogP contribution is -2.22. The highest BCUT2D eigenvalue weighted by Gasteiger charge is 2.13. The molecule has 1 unspecified atom stereocenters. The van der Waals surface area contributed by atoms with E-state index in [1.165, 1.54) is 12.8 Å². The lowest BCUT2D eigenvalue weighted by Gasteiger charge is -2.22. The Balaban J connectivity index is 1.66. The van der Waals surface area contributed by atoms with Crippen LogP contribution in [-0.4, -0.2) is 29.5 Å². The van der Waals surface area contributed by atoms with Crippen LogP contribution < -0.4 is 11.1 Å². The predicted octanol–water partition coefficient (Wildman–Crippen LogP) is 0.899. The van der Waals surface area contributed by atoms with Crippen molar-refractivity contribution in [2.24, 2.45) is 5.73 Å². The lowest BCUT2D eigenvalue weighted by atomic mass is 10.1. The van der Waals surface area contributed by atoms with Crippen LogP contribution in [0.1, 0.15) is 31.6 Å². The van der Waals surface area contributed by atoms with Crippen molar-refractivity contribution in [1.82, 2.24) is 10.2 Å². The number of nitrogens with zero attached hydrogens (tertiary/aromatic N) is 2. The first-order chi connectivity index (χ1) is 7.88. The van der Waals surface area contributed by atoms with E-state index >= 15 is 0 Å². The Morgan fingerprint density at radius 2 is 2.31 bits per heavy atom. The Kier molecular flexibility index (Phi) is 4.12. The fourth-order valence-corrected chi connectivity index (χ4v) is 1.78. The second kappa shape index (κ2) is 5.81. The van der Waals surface area contributed by atoms with Crippen molar-refractivity contribution >= 4 is 6.01 Å². The molecule has 0 amide bonds. The molecule has 0 radical (unpaired) electrons. The van der Waals surface area contributed by atoms with Gasteiger partial charge >= 0.3 is 6.01 Å². The fraction of sp³-hybridized carbons (Fsp3) is 0.800. The monoisotopic (exact) mass is 226 g/mol. The van der Waals surface area contributed by atoms with Crippen molar-refractivity contribution in [2.45, 2.75) is 38.3 Å². The molecule has 6 nitrogen and oxygen atoms in total. The van der Waals surface area contributed by atoms with E-state index < -0.39 is 0 Å². The first-order valence-electron chi connectivity index (χ1n) is 5.76. The van der Waals surface area contributed by atoms with E-state index in [4.69, 9.17) is 14.9 Å². The molecule has 0 aromatic carbocycles. The van der Waals surface area contributed by atoms with Gasteiger partial charge in [-0.1, -0.05) is 5.10 Å². The predicted molar refractivity (Wildman–Crippen MR) is 58.9 cm³/mol. The average Bonchev–Trinajstić information content (AvgIpc) is 2.78. The van der Waals surface area contributed by atoms with Gasteiger partial charge in [-0.25, -0.2) is 0 Å². The molecule has 0 saturated carbocycles. The van der Waals surface area contributed by atoms with Crippen molar-refractivity contribution in [2.75, 3.05) is 18.5 Å². The standard InChI is InChI=1S/C10H18N4O2/c11-7-9-13-14-10(16-9)12-5-4-8-3-1-2-6-15-8/h8H,1-7,11H2,(H,12,14). The van der Waals surface area contributed by atoms with E-state index in [0.29, 0.717) is 18.0 Å². The van der Waals surface area contributed by atoms with Crippen LogP contribution >= 0.6 is 0 Å². The molecule has 90 valence electrons. The van der Waals surface area contributed by atoms with Gasteiger partial charge in [0.1, 0.15) is 0 Å². The van der Waals surface area contributed by atoms with Crippen molar-refractivity contribution in [3.8, 4) is 0 Å². The molecule has 6 heteroatoms. The summed E-state index contributed by atoms with van der Waals surface area (Å²) in [5.74, 6) is 0.455. The Morgan fingerprint density at radius 3 is 3.00 bits per heavy atom. The first kappa shape index (κ1) is 11.3. The number of nitrogens with two attached hydrogens (primary N) is 1. The van der Waals surface area contributed by atoms with Gasteiger partial charge in [0, 0.05) is 13.2 Å². The maximum absolute atomic E-state index is 5.62. The smallest absolute Gasteiger partial charge is 0.315 e. The number of hydrogen-bond acceptors (Lipinski definition) is 6.